The summed E-state index contributed by atoms with van der Waals surface area (Å²) in [5.41, 5.74) is 6.81. The normalized spacial score (nSPS) is 18.0. The predicted molar refractivity (Wildman–Crippen MR) is 79.4 cm³/mol. The number of benzene rings is 1. The smallest absolute Gasteiger partial charge is 0.156 e. The average molecular weight is 325 g/mol. The van der Waals surface area contributed by atoms with Crippen molar-refractivity contribution in [3.05, 3.63) is 16.6 Å². The number of hydrogen-bond acceptors (Lipinski definition) is 4. The molecule has 1 aliphatic rings. The third kappa shape index (κ3) is 2.55. The number of nitrogens with two attached hydrogens (primary N) is 1. The van der Waals surface area contributed by atoms with Crippen LogP contribution in [0, 0.1) is 0 Å². The molecule has 2 heterocycles. The highest BCUT2D eigenvalue weighted by Gasteiger charge is 2.20. The first-order chi connectivity index (χ1) is 9.13. The van der Waals surface area contributed by atoms with Crippen LogP contribution in [0.5, 0.6) is 5.75 Å². The Hall–Kier alpha value is -1.27. The van der Waals surface area contributed by atoms with Crippen molar-refractivity contribution in [2.75, 3.05) is 25.9 Å². The van der Waals surface area contributed by atoms with Crippen LogP contribution in [0.4, 0.5) is 5.82 Å². The molecule has 102 valence electrons. The summed E-state index contributed by atoms with van der Waals surface area (Å²) in [5.74, 6) is 1.30. The van der Waals surface area contributed by atoms with Crippen molar-refractivity contribution in [3.63, 3.8) is 0 Å². The molecule has 6 heteroatoms. The Morgan fingerprint density at radius 2 is 2.16 bits per heavy atom. The lowest BCUT2D eigenvalue weighted by molar-refractivity contribution is 0.115. The van der Waals surface area contributed by atoms with E-state index in [1.807, 2.05) is 12.1 Å². The van der Waals surface area contributed by atoms with Gasteiger partial charge in [-0.3, -0.25) is 5.10 Å². The number of piperidine rings is 1. The number of nitrogen functional groups attached to an aromatic ring is 1. The van der Waals surface area contributed by atoms with Gasteiger partial charge in [-0.1, -0.05) is 15.9 Å². The van der Waals surface area contributed by atoms with E-state index in [0.29, 0.717) is 5.82 Å². The van der Waals surface area contributed by atoms with Gasteiger partial charge in [0.15, 0.2) is 5.82 Å². The van der Waals surface area contributed by atoms with E-state index in [4.69, 9.17) is 10.5 Å². The Balaban J connectivity index is 1.89. The third-order valence-electron chi connectivity index (χ3n) is 3.58. The van der Waals surface area contributed by atoms with Crippen molar-refractivity contribution < 1.29 is 4.74 Å². The van der Waals surface area contributed by atoms with Crippen molar-refractivity contribution in [2.24, 2.45) is 0 Å². The first-order valence-electron chi connectivity index (χ1n) is 6.42. The first-order valence-corrected chi connectivity index (χ1v) is 7.21. The molecule has 5 nitrogen and oxygen atoms in total. The summed E-state index contributed by atoms with van der Waals surface area (Å²) >= 11 is 3.49. The molecule has 2 aromatic rings. The number of halogens is 1. The molecule has 1 aromatic heterocycles. The van der Waals surface area contributed by atoms with Crippen LogP contribution in [-0.2, 0) is 0 Å². The number of rotatable bonds is 2. The fraction of sp³-hybridized carbons (Fsp3) is 0.462. The highest BCUT2D eigenvalue weighted by atomic mass is 79.9. The molecule has 0 unspecified atom stereocenters. The molecule has 1 saturated heterocycles. The summed E-state index contributed by atoms with van der Waals surface area (Å²) in [7, 11) is 2.14. The quantitative estimate of drug-likeness (QED) is 0.890. The van der Waals surface area contributed by atoms with E-state index in [2.05, 4.69) is 38.1 Å². The Morgan fingerprint density at radius 1 is 1.42 bits per heavy atom. The van der Waals surface area contributed by atoms with Gasteiger partial charge in [0.05, 0.1) is 10.9 Å². The van der Waals surface area contributed by atoms with Crippen LogP contribution in [0.25, 0.3) is 10.9 Å². The van der Waals surface area contributed by atoms with E-state index >= 15 is 0 Å². The van der Waals surface area contributed by atoms with Crippen LogP contribution in [0.15, 0.2) is 16.6 Å². The van der Waals surface area contributed by atoms with E-state index in [1.165, 1.54) is 0 Å². The van der Waals surface area contributed by atoms with Gasteiger partial charge in [-0.2, -0.15) is 5.10 Å². The molecule has 0 bridgehead atoms. The Labute approximate surface area is 120 Å². The van der Waals surface area contributed by atoms with Crippen LogP contribution in [0.2, 0.25) is 0 Å². The van der Waals surface area contributed by atoms with Crippen molar-refractivity contribution in [2.45, 2.75) is 18.9 Å². The number of ether oxygens (including phenoxy) is 1. The number of hydrogen-bond donors (Lipinski definition) is 2. The number of fused-ring (bicyclic) bond motifs is 1. The lowest BCUT2D eigenvalue weighted by Gasteiger charge is -2.29. The Kier molecular flexibility index (Phi) is 3.36. The Morgan fingerprint density at radius 3 is 2.89 bits per heavy atom. The Bertz CT molecular complexity index is 590. The van der Waals surface area contributed by atoms with Crippen LogP contribution in [-0.4, -0.2) is 41.3 Å². The molecule has 0 radical (unpaired) electrons. The van der Waals surface area contributed by atoms with Crippen molar-refractivity contribution in [1.29, 1.82) is 0 Å². The van der Waals surface area contributed by atoms with Gasteiger partial charge < -0.3 is 15.4 Å². The monoisotopic (exact) mass is 324 g/mol. The zero-order chi connectivity index (χ0) is 13.4. The van der Waals surface area contributed by atoms with Crippen LogP contribution >= 0.6 is 15.9 Å². The minimum Gasteiger partial charge on any atom is -0.489 e. The molecule has 0 atom stereocenters. The fourth-order valence-corrected chi connectivity index (χ4v) is 2.92. The molecule has 0 saturated carbocycles. The molecule has 0 spiro atoms. The largest absolute Gasteiger partial charge is 0.489 e. The highest BCUT2D eigenvalue weighted by Crippen LogP contribution is 2.34. The SMILES string of the molecule is CN1CCC(Oc2cc(Br)cc3[nH]nc(N)c23)CC1. The number of nitrogens with one attached hydrogen (secondary N) is 1. The first kappa shape index (κ1) is 12.7. The average Bonchev–Trinajstić information content (AvgIpc) is 2.74. The van der Waals surface area contributed by atoms with E-state index in [-0.39, 0.29) is 6.10 Å². The van der Waals surface area contributed by atoms with E-state index in [1.54, 1.807) is 0 Å². The summed E-state index contributed by atoms with van der Waals surface area (Å²) in [6, 6.07) is 3.92. The number of aromatic nitrogens is 2. The number of anilines is 1. The molecular formula is C13H17BrN4O. The van der Waals surface area contributed by atoms with Crippen molar-refractivity contribution >= 4 is 32.7 Å². The van der Waals surface area contributed by atoms with E-state index < -0.39 is 0 Å². The summed E-state index contributed by atoms with van der Waals surface area (Å²) in [5, 5.41) is 7.84. The summed E-state index contributed by atoms with van der Waals surface area (Å²) in [4.78, 5) is 2.32. The van der Waals surface area contributed by atoms with Crippen LogP contribution in [0.3, 0.4) is 0 Å². The second kappa shape index (κ2) is 5.02. The maximum Gasteiger partial charge on any atom is 0.156 e. The molecule has 1 aliphatic heterocycles. The topological polar surface area (TPSA) is 67.2 Å². The highest BCUT2D eigenvalue weighted by molar-refractivity contribution is 9.10. The zero-order valence-corrected chi connectivity index (χ0v) is 12.4. The number of aromatic amines is 1. The zero-order valence-electron chi connectivity index (χ0n) is 10.8. The van der Waals surface area contributed by atoms with Gasteiger partial charge in [-0.15, -0.1) is 0 Å². The predicted octanol–water partition coefficient (Wildman–Crippen LogP) is 2.38. The molecule has 1 aromatic carbocycles. The lowest BCUT2D eigenvalue weighted by Crippen LogP contribution is -2.35. The summed E-state index contributed by atoms with van der Waals surface area (Å²) in [6.07, 6.45) is 2.34. The maximum absolute atomic E-state index is 6.14. The van der Waals surface area contributed by atoms with Crippen molar-refractivity contribution in [1.82, 2.24) is 15.1 Å². The minimum absolute atomic E-state index is 0.253. The number of H-pyrrole nitrogens is 1. The summed E-state index contributed by atoms with van der Waals surface area (Å²) in [6.45, 7) is 2.14. The van der Waals surface area contributed by atoms with Gasteiger partial charge in [0.2, 0.25) is 0 Å². The molecule has 19 heavy (non-hydrogen) atoms. The minimum atomic E-state index is 0.253. The van der Waals surface area contributed by atoms with Gasteiger partial charge >= 0.3 is 0 Å². The van der Waals surface area contributed by atoms with Gasteiger partial charge in [0, 0.05) is 17.6 Å². The maximum atomic E-state index is 6.14. The molecule has 1 fully saturated rings. The van der Waals surface area contributed by atoms with Gasteiger partial charge in [-0.05, 0) is 32.0 Å². The lowest BCUT2D eigenvalue weighted by atomic mass is 10.1. The number of nitrogens with zero attached hydrogens (tertiary/aromatic N) is 2. The van der Waals surface area contributed by atoms with Crippen LogP contribution in [0.1, 0.15) is 12.8 Å². The molecular weight excluding hydrogens is 308 g/mol. The van der Waals surface area contributed by atoms with Gasteiger partial charge in [-0.25, -0.2) is 0 Å². The molecule has 3 rings (SSSR count). The standard InChI is InChI=1S/C13H17BrN4O/c1-18-4-2-9(3-5-18)19-11-7-8(14)6-10-12(11)13(15)17-16-10/h6-7,9H,2-5H2,1H3,(H3,15,16,17). The molecule has 0 amide bonds. The second-order valence-electron chi connectivity index (χ2n) is 5.06. The van der Waals surface area contributed by atoms with Gasteiger partial charge in [0.1, 0.15) is 11.9 Å². The molecule has 0 aliphatic carbocycles. The molecule has 3 N–H and O–H groups in total. The number of likely N-dealkylation sites (tertiary alicyclic amines) is 1. The van der Waals surface area contributed by atoms with Crippen LogP contribution < -0.4 is 10.5 Å². The summed E-state index contributed by atoms with van der Waals surface area (Å²) < 4.78 is 7.10. The van der Waals surface area contributed by atoms with E-state index in [9.17, 15) is 0 Å². The van der Waals surface area contributed by atoms with E-state index in [0.717, 1.165) is 47.1 Å². The van der Waals surface area contributed by atoms with Crippen molar-refractivity contribution in [3.8, 4) is 5.75 Å². The second-order valence-corrected chi connectivity index (χ2v) is 5.97. The fourth-order valence-electron chi connectivity index (χ4n) is 2.49. The third-order valence-corrected chi connectivity index (χ3v) is 4.04. The van der Waals surface area contributed by atoms with Gasteiger partial charge in [0.25, 0.3) is 0 Å².